The zero-order valence-corrected chi connectivity index (χ0v) is 19.9. The molecule has 0 saturated heterocycles. The summed E-state index contributed by atoms with van der Waals surface area (Å²) in [5.41, 5.74) is 1.92. The zero-order valence-electron chi connectivity index (χ0n) is 16.7. The highest BCUT2D eigenvalue weighted by molar-refractivity contribution is 9.10. The van der Waals surface area contributed by atoms with Gasteiger partial charge in [-0.3, -0.25) is 0 Å². The molecule has 4 aromatic rings. The minimum Gasteiger partial charge on any atom is -0.485 e. The summed E-state index contributed by atoms with van der Waals surface area (Å²) in [6.45, 7) is 0.598. The first kappa shape index (κ1) is 22.2. The maximum absolute atomic E-state index is 11.9. The Morgan fingerprint density at radius 2 is 1.38 bits per heavy atom. The zero-order chi connectivity index (χ0) is 22.5. The molecule has 0 amide bonds. The van der Waals surface area contributed by atoms with E-state index in [4.69, 9.17) is 14.0 Å². The predicted octanol–water partition coefficient (Wildman–Crippen LogP) is 4.86. The van der Waals surface area contributed by atoms with Crippen LogP contribution in [0.2, 0.25) is 0 Å². The van der Waals surface area contributed by atoms with Crippen molar-refractivity contribution < 1.29 is 14.0 Å². The van der Waals surface area contributed by atoms with Gasteiger partial charge >= 0.3 is 11.4 Å². The van der Waals surface area contributed by atoms with Crippen LogP contribution in [0.4, 0.5) is 0 Å². The first-order valence-corrected chi connectivity index (χ1v) is 11.2. The monoisotopic (exact) mass is 560 g/mol. The Morgan fingerprint density at radius 3 is 1.97 bits per heavy atom. The summed E-state index contributed by atoms with van der Waals surface area (Å²) in [6.07, 6.45) is 0. The predicted molar refractivity (Wildman–Crippen MR) is 126 cm³/mol. The number of benzene rings is 3. The highest BCUT2D eigenvalue weighted by Crippen LogP contribution is 2.34. The molecule has 0 fully saturated rings. The quantitative estimate of drug-likeness (QED) is 0.332. The Labute approximate surface area is 199 Å². The largest absolute Gasteiger partial charge is 0.485 e. The van der Waals surface area contributed by atoms with Gasteiger partial charge in [-0.1, -0.05) is 80.4 Å². The second-order valence-electron chi connectivity index (χ2n) is 6.85. The Hall–Kier alpha value is -3.04. The highest BCUT2D eigenvalue weighted by Gasteiger charge is 2.16. The summed E-state index contributed by atoms with van der Waals surface area (Å²) in [4.78, 5) is 25.4. The highest BCUT2D eigenvalue weighted by atomic mass is 79.9. The number of aromatic nitrogens is 2. The lowest BCUT2D eigenvalue weighted by atomic mass is 10.1. The summed E-state index contributed by atoms with van der Waals surface area (Å²) >= 11 is 7.05. The fraction of sp³-hybridized carbons (Fsp3) is 0.130. The Morgan fingerprint density at radius 1 is 0.781 bits per heavy atom. The van der Waals surface area contributed by atoms with E-state index < -0.39 is 11.4 Å². The van der Waals surface area contributed by atoms with Crippen LogP contribution in [0.1, 0.15) is 16.7 Å². The Bertz CT molecular complexity index is 1340. The van der Waals surface area contributed by atoms with Gasteiger partial charge in [0.1, 0.15) is 13.2 Å². The van der Waals surface area contributed by atoms with Gasteiger partial charge in [-0.2, -0.15) is 0 Å². The average molecular weight is 562 g/mol. The van der Waals surface area contributed by atoms with Gasteiger partial charge in [-0.25, -0.2) is 14.6 Å². The van der Waals surface area contributed by atoms with Crippen LogP contribution in [0.15, 0.2) is 89.8 Å². The molecule has 0 radical (unpaired) electrons. The van der Waals surface area contributed by atoms with E-state index in [1.54, 1.807) is 18.2 Å². The minimum atomic E-state index is -0.813. The van der Waals surface area contributed by atoms with E-state index in [-0.39, 0.29) is 13.2 Å². The van der Waals surface area contributed by atoms with Gasteiger partial charge in [0.15, 0.2) is 11.5 Å². The number of hydrogen-bond acceptors (Lipinski definition) is 5. The van der Waals surface area contributed by atoms with Crippen LogP contribution < -0.4 is 20.9 Å². The van der Waals surface area contributed by atoms with Crippen LogP contribution >= 0.6 is 31.9 Å². The molecule has 164 valence electrons. The number of nitrogens with zero attached hydrogens (tertiary/aromatic N) is 1. The van der Waals surface area contributed by atoms with Crippen LogP contribution in [0.3, 0.4) is 0 Å². The van der Waals surface area contributed by atoms with Gasteiger partial charge in [0.25, 0.3) is 0 Å². The number of halogens is 2. The fourth-order valence-corrected chi connectivity index (χ4v) is 3.87. The molecule has 1 aromatic heterocycles. The Kier molecular flexibility index (Phi) is 6.96. The first-order valence-electron chi connectivity index (χ1n) is 9.66. The molecule has 0 saturated carbocycles. The number of aromatic amines is 1. The topological polar surface area (TPSA) is 86.5 Å². The van der Waals surface area contributed by atoms with Gasteiger partial charge in [0.05, 0.1) is 6.54 Å². The van der Waals surface area contributed by atoms with Gasteiger partial charge in [-0.15, -0.1) is 4.74 Å². The van der Waals surface area contributed by atoms with E-state index in [0.717, 1.165) is 24.8 Å². The molecule has 9 heteroatoms. The van der Waals surface area contributed by atoms with E-state index in [1.165, 1.54) is 0 Å². The number of nitrogens with one attached hydrogen (secondary N) is 1. The molecule has 0 atom stereocenters. The lowest BCUT2D eigenvalue weighted by Gasteiger charge is -2.17. The fourth-order valence-electron chi connectivity index (χ4n) is 3.07. The van der Waals surface area contributed by atoms with Crippen LogP contribution in [-0.2, 0) is 19.8 Å². The number of H-pyrrole nitrogens is 1. The van der Waals surface area contributed by atoms with Crippen LogP contribution in [0.5, 0.6) is 11.5 Å². The standard InChI is InChI=1S/C23H18Br2N2O5/c24-18-9-3-1-6-16(18)13-30-20-11-5-8-15(12-27-22(28)26-23(29)32-27)21(20)31-14-17-7-2-4-10-19(17)25/h1-11H,12-14H2,(H,26,28,29). The molecule has 1 heterocycles. The van der Waals surface area contributed by atoms with Gasteiger partial charge < -0.3 is 14.0 Å². The van der Waals surface area contributed by atoms with E-state index >= 15 is 0 Å². The molecule has 0 aliphatic rings. The lowest BCUT2D eigenvalue weighted by molar-refractivity contribution is 0.238. The summed E-state index contributed by atoms with van der Waals surface area (Å²) in [5.74, 6) is 0.161. The minimum absolute atomic E-state index is 0.00903. The first-order chi connectivity index (χ1) is 15.5. The molecule has 0 spiro atoms. The number of hydrogen-bond donors (Lipinski definition) is 1. The molecule has 4 rings (SSSR count). The van der Waals surface area contributed by atoms with Crippen molar-refractivity contribution in [2.45, 2.75) is 19.8 Å². The molecular weight excluding hydrogens is 544 g/mol. The van der Waals surface area contributed by atoms with Crippen molar-refractivity contribution in [1.29, 1.82) is 0 Å². The van der Waals surface area contributed by atoms with Gasteiger partial charge in [0, 0.05) is 25.6 Å². The number of ether oxygens (including phenoxy) is 2. The molecule has 1 N–H and O–H groups in total. The smallest absolute Gasteiger partial charge is 0.440 e. The second kappa shape index (κ2) is 10.1. The van der Waals surface area contributed by atoms with Gasteiger partial charge in [-0.05, 0) is 18.2 Å². The van der Waals surface area contributed by atoms with Crippen LogP contribution in [0.25, 0.3) is 0 Å². The van der Waals surface area contributed by atoms with Crippen molar-refractivity contribution in [3.05, 3.63) is 113 Å². The van der Waals surface area contributed by atoms with E-state index in [9.17, 15) is 9.59 Å². The van der Waals surface area contributed by atoms with Crippen LogP contribution in [0, 0.1) is 0 Å². The van der Waals surface area contributed by atoms with E-state index in [2.05, 4.69) is 36.8 Å². The number of para-hydroxylation sites is 1. The third kappa shape index (κ3) is 5.23. The lowest BCUT2D eigenvalue weighted by Crippen LogP contribution is -2.18. The molecule has 0 aliphatic carbocycles. The number of rotatable bonds is 8. The maximum atomic E-state index is 11.9. The molecule has 0 unspecified atom stereocenters. The summed E-state index contributed by atoms with van der Waals surface area (Å²) in [6, 6.07) is 20.9. The summed E-state index contributed by atoms with van der Waals surface area (Å²) in [7, 11) is 0. The van der Waals surface area contributed by atoms with Gasteiger partial charge in [0.2, 0.25) is 0 Å². The molecule has 0 bridgehead atoms. The SMILES string of the molecule is O=c1[nH]c(=O)n(Cc2cccc(OCc3ccccc3Br)c2OCc2ccccc2Br)o1. The summed E-state index contributed by atoms with van der Waals surface area (Å²) in [5, 5.41) is 0. The average Bonchev–Trinajstić information content (AvgIpc) is 3.10. The van der Waals surface area contributed by atoms with Crippen LogP contribution in [-0.4, -0.2) is 9.72 Å². The second-order valence-corrected chi connectivity index (χ2v) is 8.56. The molecule has 0 aliphatic heterocycles. The van der Waals surface area contributed by atoms with Crippen molar-refractivity contribution >= 4 is 31.9 Å². The third-order valence-corrected chi connectivity index (χ3v) is 6.22. The van der Waals surface area contributed by atoms with Crippen molar-refractivity contribution in [2.24, 2.45) is 0 Å². The van der Waals surface area contributed by atoms with Crippen molar-refractivity contribution in [3.8, 4) is 11.5 Å². The molecule has 7 nitrogen and oxygen atoms in total. The van der Waals surface area contributed by atoms with Crippen molar-refractivity contribution in [1.82, 2.24) is 9.72 Å². The molecule has 3 aromatic carbocycles. The maximum Gasteiger partial charge on any atom is 0.440 e. The normalized spacial score (nSPS) is 10.8. The Balaban J connectivity index is 1.65. The van der Waals surface area contributed by atoms with E-state index in [0.29, 0.717) is 23.7 Å². The van der Waals surface area contributed by atoms with E-state index in [1.807, 2.05) is 48.5 Å². The molecule has 32 heavy (non-hydrogen) atoms. The van der Waals surface area contributed by atoms with Crippen molar-refractivity contribution in [3.63, 3.8) is 0 Å². The third-order valence-electron chi connectivity index (χ3n) is 4.67. The summed E-state index contributed by atoms with van der Waals surface area (Å²) < 4.78 is 20.0. The van der Waals surface area contributed by atoms with Crippen molar-refractivity contribution in [2.75, 3.05) is 0 Å². The molecular formula is C23H18Br2N2O5.